The zero-order chi connectivity index (χ0) is 9.42. The van der Waals surface area contributed by atoms with Crippen LogP contribution >= 0.6 is 0 Å². The third-order valence-corrected chi connectivity index (χ3v) is 2.69. The lowest BCUT2D eigenvalue weighted by Crippen LogP contribution is -2.24. The number of aliphatic hydroxyl groups excluding tert-OH is 2. The van der Waals surface area contributed by atoms with Crippen molar-refractivity contribution in [3.05, 3.63) is 34.9 Å². The van der Waals surface area contributed by atoms with Crippen molar-refractivity contribution in [3.63, 3.8) is 0 Å². The Balaban J connectivity index is 2.45. The quantitative estimate of drug-likeness (QED) is 0.629. The number of rotatable bonds is 0. The topological polar surface area (TPSA) is 40.5 Å². The minimum atomic E-state index is -0.691. The van der Waals surface area contributed by atoms with E-state index >= 15 is 0 Å². The van der Waals surface area contributed by atoms with Gasteiger partial charge in [-0.1, -0.05) is 23.8 Å². The summed E-state index contributed by atoms with van der Waals surface area (Å²) in [6, 6.07) is 6.05. The number of aliphatic hydroxyl groups is 2. The lowest BCUT2D eigenvalue weighted by Gasteiger charge is -2.26. The first-order valence-electron chi connectivity index (χ1n) is 4.64. The average molecular weight is 178 g/mol. The predicted octanol–water partition coefficient (Wildman–Crippen LogP) is 1.34. The first-order chi connectivity index (χ1) is 6.18. The molecule has 2 unspecified atom stereocenters. The molecule has 0 radical (unpaired) electrons. The second-order valence-corrected chi connectivity index (χ2v) is 3.75. The van der Waals surface area contributed by atoms with Gasteiger partial charge in [0.1, 0.15) is 6.10 Å². The van der Waals surface area contributed by atoms with Gasteiger partial charge in [-0.2, -0.15) is 0 Å². The summed E-state index contributed by atoms with van der Waals surface area (Å²) in [6.45, 7) is 1.99. The Morgan fingerprint density at radius 1 is 1.31 bits per heavy atom. The summed E-state index contributed by atoms with van der Waals surface area (Å²) in [7, 11) is 0. The highest BCUT2D eigenvalue weighted by Gasteiger charge is 2.25. The Morgan fingerprint density at radius 2 is 2.08 bits per heavy atom. The average Bonchev–Trinajstić information content (AvgIpc) is 2.12. The maximum absolute atomic E-state index is 9.70. The number of fused-ring (bicyclic) bond motifs is 1. The van der Waals surface area contributed by atoms with Crippen LogP contribution < -0.4 is 0 Å². The number of benzene rings is 1. The van der Waals surface area contributed by atoms with Crippen molar-refractivity contribution in [2.45, 2.75) is 32.0 Å². The van der Waals surface area contributed by atoms with Gasteiger partial charge in [0.25, 0.3) is 0 Å². The normalized spacial score (nSPS) is 27.0. The van der Waals surface area contributed by atoms with E-state index in [9.17, 15) is 10.2 Å². The van der Waals surface area contributed by atoms with Crippen molar-refractivity contribution in [1.82, 2.24) is 0 Å². The van der Waals surface area contributed by atoms with Gasteiger partial charge in [0.2, 0.25) is 0 Å². The van der Waals surface area contributed by atoms with Crippen molar-refractivity contribution in [2.75, 3.05) is 0 Å². The van der Waals surface area contributed by atoms with Gasteiger partial charge >= 0.3 is 0 Å². The molecule has 0 aliphatic heterocycles. The third-order valence-electron chi connectivity index (χ3n) is 2.69. The lowest BCUT2D eigenvalue weighted by atomic mass is 9.86. The fraction of sp³-hybridized carbons (Fsp3) is 0.455. The summed E-state index contributed by atoms with van der Waals surface area (Å²) >= 11 is 0. The Kier molecular flexibility index (Phi) is 2.10. The van der Waals surface area contributed by atoms with E-state index in [-0.39, 0.29) is 0 Å². The molecule has 1 aliphatic rings. The molecule has 13 heavy (non-hydrogen) atoms. The molecule has 2 nitrogen and oxygen atoms in total. The Morgan fingerprint density at radius 3 is 2.85 bits per heavy atom. The van der Waals surface area contributed by atoms with E-state index in [1.54, 1.807) is 0 Å². The number of hydrogen-bond acceptors (Lipinski definition) is 2. The van der Waals surface area contributed by atoms with Gasteiger partial charge < -0.3 is 10.2 Å². The highest BCUT2D eigenvalue weighted by atomic mass is 16.3. The Labute approximate surface area is 77.8 Å². The smallest absolute Gasteiger partial charge is 0.105 e. The molecule has 1 aromatic rings. The summed E-state index contributed by atoms with van der Waals surface area (Å²) in [4.78, 5) is 0. The van der Waals surface area contributed by atoms with E-state index < -0.39 is 12.2 Å². The van der Waals surface area contributed by atoms with E-state index in [1.165, 1.54) is 5.56 Å². The summed E-state index contributed by atoms with van der Waals surface area (Å²) in [5, 5.41) is 19.2. The fourth-order valence-electron chi connectivity index (χ4n) is 1.89. The first kappa shape index (κ1) is 8.73. The fourth-order valence-corrected chi connectivity index (χ4v) is 1.89. The van der Waals surface area contributed by atoms with Gasteiger partial charge in [-0.3, -0.25) is 0 Å². The molecule has 0 bridgehead atoms. The predicted molar refractivity (Wildman–Crippen MR) is 50.5 cm³/mol. The maximum Gasteiger partial charge on any atom is 0.105 e. The molecule has 2 N–H and O–H groups in total. The summed E-state index contributed by atoms with van der Waals surface area (Å²) < 4.78 is 0. The zero-order valence-electron chi connectivity index (χ0n) is 7.70. The summed E-state index contributed by atoms with van der Waals surface area (Å²) in [5.41, 5.74) is 3.20. The van der Waals surface area contributed by atoms with Crippen LogP contribution in [0, 0.1) is 6.92 Å². The van der Waals surface area contributed by atoms with Gasteiger partial charge in [0.05, 0.1) is 6.10 Å². The van der Waals surface area contributed by atoms with E-state index in [4.69, 9.17) is 0 Å². The van der Waals surface area contributed by atoms with Gasteiger partial charge in [0.15, 0.2) is 0 Å². The van der Waals surface area contributed by atoms with Gasteiger partial charge in [0, 0.05) is 0 Å². The monoisotopic (exact) mass is 178 g/mol. The minimum Gasteiger partial charge on any atom is -0.390 e. The molecule has 1 aromatic carbocycles. The molecule has 0 saturated carbocycles. The third kappa shape index (κ3) is 1.47. The van der Waals surface area contributed by atoms with Crippen LogP contribution in [0.5, 0.6) is 0 Å². The Hall–Kier alpha value is -0.860. The molecular formula is C11H14O2. The standard InChI is InChI=1S/C11H14O2/c1-7-2-3-8-4-5-10(12)11(13)9(8)6-7/h2-3,6,10-13H,4-5H2,1H3. The second kappa shape index (κ2) is 3.13. The van der Waals surface area contributed by atoms with Gasteiger partial charge in [-0.05, 0) is 30.9 Å². The molecule has 1 aliphatic carbocycles. The van der Waals surface area contributed by atoms with Crippen LogP contribution in [0.25, 0.3) is 0 Å². The second-order valence-electron chi connectivity index (χ2n) is 3.75. The molecule has 0 saturated heterocycles. The SMILES string of the molecule is Cc1ccc2c(c1)C(O)C(O)CC2. The summed E-state index contributed by atoms with van der Waals surface area (Å²) in [5.74, 6) is 0. The molecule has 0 spiro atoms. The molecule has 0 aromatic heterocycles. The Bertz CT molecular complexity index is 320. The minimum absolute atomic E-state index is 0.589. The number of aryl methyl sites for hydroxylation is 2. The van der Waals surface area contributed by atoms with Crippen LogP contribution in [0.2, 0.25) is 0 Å². The van der Waals surface area contributed by atoms with E-state index in [2.05, 4.69) is 0 Å². The molecular weight excluding hydrogens is 164 g/mol. The zero-order valence-corrected chi connectivity index (χ0v) is 7.70. The molecule has 2 heteroatoms. The van der Waals surface area contributed by atoms with Crippen molar-refractivity contribution in [1.29, 1.82) is 0 Å². The van der Waals surface area contributed by atoms with Gasteiger partial charge in [-0.15, -0.1) is 0 Å². The van der Waals surface area contributed by atoms with Gasteiger partial charge in [-0.25, -0.2) is 0 Å². The van der Waals surface area contributed by atoms with Crippen LogP contribution in [-0.4, -0.2) is 16.3 Å². The van der Waals surface area contributed by atoms with Crippen LogP contribution in [0.4, 0.5) is 0 Å². The molecule has 2 rings (SSSR count). The summed E-state index contributed by atoms with van der Waals surface area (Å²) in [6.07, 6.45) is 0.253. The van der Waals surface area contributed by atoms with E-state index in [0.29, 0.717) is 6.42 Å². The highest BCUT2D eigenvalue weighted by molar-refractivity contribution is 5.35. The maximum atomic E-state index is 9.70. The van der Waals surface area contributed by atoms with Crippen molar-refractivity contribution in [3.8, 4) is 0 Å². The van der Waals surface area contributed by atoms with E-state index in [0.717, 1.165) is 17.5 Å². The van der Waals surface area contributed by atoms with Crippen molar-refractivity contribution >= 4 is 0 Å². The molecule has 0 amide bonds. The lowest BCUT2D eigenvalue weighted by molar-refractivity contribution is 0.00646. The van der Waals surface area contributed by atoms with E-state index in [1.807, 2.05) is 25.1 Å². The van der Waals surface area contributed by atoms with Crippen molar-refractivity contribution < 1.29 is 10.2 Å². The first-order valence-corrected chi connectivity index (χ1v) is 4.64. The molecule has 2 atom stereocenters. The molecule has 0 heterocycles. The van der Waals surface area contributed by atoms with Crippen LogP contribution in [0.15, 0.2) is 18.2 Å². The van der Waals surface area contributed by atoms with Crippen LogP contribution in [0.3, 0.4) is 0 Å². The number of hydrogen-bond donors (Lipinski definition) is 2. The largest absolute Gasteiger partial charge is 0.390 e. The molecule has 70 valence electrons. The van der Waals surface area contributed by atoms with Crippen molar-refractivity contribution in [2.24, 2.45) is 0 Å². The highest BCUT2D eigenvalue weighted by Crippen LogP contribution is 2.30. The molecule has 0 fully saturated rings. The van der Waals surface area contributed by atoms with Crippen LogP contribution in [-0.2, 0) is 6.42 Å². The van der Waals surface area contributed by atoms with Crippen LogP contribution in [0.1, 0.15) is 29.2 Å².